The van der Waals surface area contributed by atoms with Gasteiger partial charge in [-0.05, 0) is 18.4 Å². The van der Waals surface area contributed by atoms with Crippen molar-refractivity contribution in [2.24, 2.45) is 0 Å². The lowest BCUT2D eigenvalue weighted by Crippen LogP contribution is -1.83. The summed E-state index contributed by atoms with van der Waals surface area (Å²) in [4.78, 5) is 0. The SMILES string of the molecule is [CH2][C@@H](C)c1ccccc1. The fraction of sp³-hybridized carbons (Fsp3) is 0.222. The van der Waals surface area contributed by atoms with Crippen LogP contribution in [0.4, 0.5) is 0 Å². The van der Waals surface area contributed by atoms with E-state index in [2.05, 4.69) is 26.0 Å². The van der Waals surface area contributed by atoms with Crippen LogP contribution in [-0.4, -0.2) is 0 Å². The summed E-state index contributed by atoms with van der Waals surface area (Å²) in [7, 11) is 0. The molecule has 1 aromatic rings. The minimum Gasteiger partial charge on any atom is -0.0622 e. The molecule has 1 radical (unpaired) electrons. The second kappa shape index (κ2) is 2.67. The molecule has 0 aromatic heterocycles. The van der Waals surface area contributed by atoms with Gasteiger partial charge >= 0.3 is 0 Å². The lowest BCUT2D eigenvalue weighted by molar-refractivity contribution is 0.964. The van der Waals surface area contributed by atoms with E-state index in [4.69, 9.17) is 0 Å². The van der Waals surface area contributed by atoms with Crippen molar-refractivity contribution in [1.29, 1.82) is 0 Å². The lowest BCUT2D eigenvalue weighted by atomic mass is 10.0. The zero-order chi connectivity index (χ0) is 6.69. The molecule has 1 aromatic carbocycles. The van der Waals surface area contributed by atoms with Crippen molar-refractivity contribution in [2.75, 3.05) is 0 Å². The second-order valence-corrected chi connectivity index (χ2v) is 2.31. The molecule has 0 aliphatic rings. The highest BCUT2D eigenvalue weighted by molar-refractivity contribution is 5.19. The molecule has 0 heteroatoms. The van der Waals surface area contributed by atoms with Crippen LogP contribution in [0.15, 0.2) is 30.3 Å². The molecule has 1 rings (SSSR count). The molecule has 0 spiro atoms. The number of hydrogen-bond donors (Lipinski definition) is 0. The molecule has 9 heavy (non-hydrogen) atoms. The van der Waals surface area contributed by atoms with E-state index >= 15 is 0 Å². The maximum Gasteiger partial charge on any atom is -0.0190 e. The van der Waals surface area contributed by atoms with Crippen LogP contribution in [0.2, 0.25) is 0 Å². The highest BCUT2D eigenvalue weighted by atomic mass is 14.0. The van der Waals surface area contributed by atoms with Crippen LogP contribution in [0.1, 0.15) is 18.4 Å². The Morgan fingerprint density at radius 1 is 1.22 bits per heavy atom. The van der Waals surface area contributed by atoms with Gasteiger partial charge in [0.15, 0.2) is 0 Å². The van der Waals surface area contributed by atoms with E-state index in [1.165, 1.54) is 5.56 Å². The monoisotopic (exact) mass is 119 g/mol. The van der Waals surface area contributed by atoms with E-state index in [0.717, 1.165) is 0 Å². The van der Waals surface area contributed by atoms with Crippen molar-refractivity contribution in [2.45, 2.75) is 12.8 Å². The summed E-state index contributed by atoms with van der Waals surface area (Å²) >= 11 is 0. The van der Waals surface area contributed by atoms with Crippen molar-refractivity contribution in [3.05, 3.63) is 42.8 Å². The highest BCUT2D eigenvalue weighted by Gasteiger charge is 1.93. The van der Waals surface area contributed by atoms with E-state index < -0.39 is 0 Å². The first-order valence-electron chi connectivity index (χ1n) is 3.18. The Morgan fingerprint density at radius 2 is 1.78 bits per heavy atom. The zero-order valence-electron chi connectivity index (χ0n) is 5.67. The Bertz CT molecular complexity index is 163. The lowest BCUT2D eigenvalue weighted by Gasteiger charge is -2.01. The molecular weight excluding hydrogens is 108 g/mol. The zero-order valence-corrected chi connectivity index (χ0v) is 5.67. The number of hydrogen-bond acceptors (Lipinski definition) is 0. The third-order valence-corrected chi connectivity index (χ3v) is 1.37. The average Bonchev–Trinajstić information content (AvgIpc) is 1.90. The molecule has 0 heterocycles. The molecule has 47 valence electrons. The fourth-order valence-electron chi connectivity index (χ4n) is 0.782. The number of benzene rings is 1. The first kappa shape index (κ1) is 6.34. The summed E-state index contributed by atoms with van der Waals surface area (Å²) in [6.07, 6.45) is 0. The number of rotatable bonds is 1. The maximum atomic E-state index is 3.91. The van der Waals surface area contributed by atoms with Crippen LogP contribution in [0.3, 0.4) is 0 Å². The van der Waals surface area contributed by atoms with Crippen LogP contribution in [0, 0.1) is 6.92 Å². The van der Waals surface area contributed by atoms with Gasteiger partial charge in [-0.2, -0.15) is 0 Å². The van der Waals surface area contributed by atoms with Crippen LogP contribution in [0.25, 0.3) is 0 Å². The smallest absolute Gasteiger partial charge is 0.0190 e. The molecule has 0 amide bonds. The molecular formula is C9H11. The second-order valence-electron chi connectivity index (χ2n) is 2.31. The molecule has 0 bridgehead atoms. The summed E-state index contributed by atoms with van der Waals surface area (Å²) in [5, 5.41) is 0. The Labute approximate surface area is 56.5 Å². The Kier molecular flexibility index (Phi) is 1.88. The van der Waals surface area contributed by atoms with Crippen molar-refractivity contribution >= 4 is 0 Å². The predicted molar refractivity (Wildman–Crippen MR) is 40.2 cm³/mol. The summed E-state index contributed by atoms with van der Waals surface area (Å²) in [6.45, 7) is 6.00. The Morgan fingerprint density at radius 3 is 2.11 bits per heavy atom. The molecule has 1 atom stereocenters. The summed E-state index contributed by atoms with van der Waals surface area (Å²) < 4.78 is 0. The van der Waals surface area contributed by atoms with E-state index in [-0.39, 0.29) is 0 Å². The standard InChI is InChI=1S/C9H11/c1-8(2)9-6-4-3-5-7-9/h3-8H,1H2,2H3/t8-/m0/s1. The van der Waals surface area contributed by atoms with Crippen LogP contribution in [0.5, 0.6) is 0 Å². The summed E-state index contributed by atoms with van der Waals surface area (Å²) in [5.41, 5.74) is 1.30. The fourth-order valence-corrected chi connectivity index (χ4v) is 0.782. The van der Waals surface area contributed by atoms with Crippen molar-refractivity contribution in [1.82, 2.24) is 0 Å². The third kappa shape index (κ3) is 1.56. The van der Waals surface area contributed by atoms with Gasteiger partial charge in [0.25, 0.3) is 0 Å². The summed E-state index contributed by atoms with van der Waals surface area (Å²) in [6, 6.07) is 10.3. The van der Waals surface area contributed by atoms with Gasteiger partial charge in [-0.3, -0.25) is 0 Å². The molecule has 0 saturated carbocycles. The Hall–Kier alpha value is -0.780. The van der Waals surface area contributed by atoms with E-state index in [9.17, 15) is 0 Å². The van der Waals surface area contributed by atoms with Crippen molar-refractivity contribution in [3.8, 4) is 0 Å². The average molecular weight is 119 g/mol. The quantitative estimate of drug-likeness (QED) is 0.533. The topological polar surface area (TPSA) is 0 Å². The molecule has 0 aliphatic carbocycles. The minimum absolute atomic E-state index is 0.409. The minimum atomic E-state index is 0.409. The molecule has 0 fully saturated rings. The largest absolute Gasteiger partial charge is 0.0622 e. The van der Waals surface area contributed by atoms with Crippen LogP contribution in [-0.2, 0) is 0 Å². The van der Waals surface area contributed by atoms with Gasteiger partial charge in [-0.25, -0.2) is 0 Å². The molecule has 0 saturated heterocycles. The van der Waals surface area contributed by atoms with E-state index in [1.54, 1.807) is 0 Å². The maximum absolute atomic E-state index is 3.91. The van der Waals surface area contributed by atoms with Gasteiger partial charge in [0.1, 0.15) is 0 Å². The van der Waals surface area contributed by atoms with Crippen LogP contribution >= 0.6 is 0 Å². The van der Waals surface area contributed by atoms with Gasteiger partial charge in [-0.1, -0.05) is 37.3 Å². The van der Waals surface area contributed by atoms with Crippen LogP contribution < -0.4 is 0 Å². The van der Waals surface area contributed by atoms with Crippen molar-refractivity contribution < 1.29 is 0 Å². The van der Waals surface area contributed by atoms with Crippen molar-refractivity contribution in [3.63, 3.8) is 0 Å². The van der Waals surface area contributed by atoms with Gasteiger partial charge in [0.05, 0.1) is 0 Å². The van der Waals surface area contributed by atoms with E-state index in [0.29, 0.717) is 5.92 Å². The molecule has 0 nitrogen and oxygen atoms in total. The first-order valence-corrected chi connectivity index (χ1v) is 3.18. The molecule has 0 aliphatic heterocycles. The third-order valence-electron chi connectivity index (χ3n) is 1.37. The van der Waals surface area contributed by atoms with Gasteiger partial charge in [0, 0.05) is 0 Å². The van der Waals surface area contributed by atoms with E-state index in [1.807, 2.05) is 18.2 Å². The molecule has 0 N–H and O–H groups in total. The summed E-state index contributed by atoms with van der Waals surface area (Å²) in [5.74, 6) is 0.409. The van der Waals surface area contributed by atoms with Gasteiger partial charge in [0.2, 0.25) is 0 Å². The van der Waals surface area contributed by atoms with Gasteiger partial charge < -0.3 is 0 Å². The first-order chi connectivity index (χ1) is 4.30. The van der Waals surface area contributed by atoms with Gasteiger partial charge in [-0.15, -0.1) is 0 Å². The normalized spacial score (nSPS) is 10.1. The predicted octanol–water partition coefficient (Wildman–Crippen LogP) is 2.62. The Balaban J connectivity index is 2.85. The molecule has 0 unspecified atom stereocenters. The highest BCUT2D eigenvalue weighted by Crippen LogP contribution is 2.11.